The minimum Gasteiger partial charge on any atom is -0.398 e. The van der Waals surface area contributed by atoms with Crippen LogP contribution in [0.5, 0.6) is 0 Å². The van der Waals surface area contributed by atoms with Crippen LogP contribution in [-0.4, -0.2) is 50.9 Å². The van der Waals surface area contributed by atoms with Gasteiger partial charge in [0, 0.05) is 48.4 Å². The Morgan fingerprint density at radius 3 is 2.54 bits per heavy atom. The van der Waals surface area contributed by atoms with Gasteiger partial charge in [-0.15, -0.1) is 0 Å². The van der Waals surface area contributed by atoms with Crippen LogP contribution in [0.1, 0.15) is 0 Å². The van der Waals surface area contributed by atoms with Gasteiger partial charge in [-0.2, -0.15) is 0 Å². The van der Waals surface area contributed by atoms with E-state index in [-0.39, 0.29) is 5.82 Å². The molecular formula is C15H19N5O3S. The molecule has 2 aromatic rings. The van der Waals surface area contributed by atoms with E-state index in [9.17, 15) is 8.42 Å². The third kappa shape index (κ3) is 3.92. The van der Waals surface area contributed by atoms with Gasteiger partial charge in [0.1, 0.15) is 11.6 Å². The van der Waals surface area contributed by atoms with E-state index in [1.807, 2.05) is 6.07 Å². The zero-order chi connectivity index (χ0) is 17.2. The number of ether oxygens (including phenoxy) is 1. The van der Waals surface area contributed by atoms with Crippen molar-refractivity contribution < 1.29 is 13.2 Å². The number of rotatable bonds is 4. The summed E-state index contributed by atoms with van der Waals surface area (Å²) in [5.41, 5.74) is 8.28. The van der Waals surface area contributed by atoms with Crippen molar-refractivity contribution in [2.45, 2.75) is 0 Å². The summed E-state index contributed by atoms with van der Waals surface area (Å²) in [5.74, 6) is 1.08. The van der Waals surface area contributed by atoms with Gasteiger partial charge in [-0.3, -0.25) is 4.72 Å². The van der Waals surface area contributed by atoms with Crippen molar-refractivity contribution >= 4 is 27.3 Å². The van der Waals surface area contributed by atoms with Crippen molar-refractivity contribution in [2.75, 3.05) is 47.9 Å². The molecule has 1 saturated heterocycles. The van der Waals surface area contributed by atoms with E-state index in [4.69, 9.17) is 10.5 Å². The van der Waals surface area contributed by atoms with E-state index in [1.54, 1.807) is 24.5 Å². The predicted octanol–water partition coefficient (Wildman–Crippen LogP) is 0.934. The average Bonchev–Trinajstić information content (AvgIpc) is 2.55. The standard InChI is InChI=1S/C15H19N5O3S/c1-24(21,22)19-14-3-2-11(9-17-14)12-10-18-15(8-13(12)16)20-4-6-23-7-5-20/h2-3,8-10H,4-7H2,1H3,(H2,16,18)(H,17,19). The fourth-order valence-electron chi connectivity index (χ4n) is 2.47. The van der Waals surface area contributed by atoms with Crippen molar-refractivity contribution in [2.24, 2.45) is 0 Å². The molecule has 0 amide bonds. The highest BCUT2D eigenvalue weighted by molar-refractivity contribution is 7.92. The Balaban J connectivity index is 1.81. The molecule has 0 unspecified atom stereocenters. The summed E-state index contributed by atoms with van der Waals surface area (Å²) in [6, 6.07) is 5.18. The van der Waals surface area contributed by atoms with Crippen LogP contribution < -0.4 is 15.4 Å². The third-order valence-corrected chi connectivity index (χ3v) is 4.20. The predicted molar refractivity (Wildman–Crippen MR) is 93.4 cm³/mol. The number of hydrogen-bond acceptors (Lipinski definition) is 7. The maximum Gasteiger partial charge on any atom is 0.230 e. The van der Waals surface area contributed by atoms with Crippen LogP contribution in [0, 0.1) is 0 Å². The molecule has 2 aromatic heterocycles. The van der Waals surface area contributed by atoms with Crippen molar-refractivity contribution in [1.29, 1.82) is 0 Å². The summed E-state index contributed by atoms with van der Waals surface area (Å²) >= 11 is 0. The number of sulfonamides is 1. The monoisotopic (exact) mass is 349 g/mol. The summed E-state index contributed by atoms with van der Waals surface area (Å²) in [6.45, 7) is 2.95. The Hall–Kier alpha value is -2.39. The highest BCUT2D eigenvalue weighted by Crippen LogP contribution is 2.28. The van der Waals surface area contributed by atoms with Crippen molar-refractivity contribution in [3.8, 4) is 11.1 Å². The van der Waals surface area contributed by atoms with E-state index in [0.29, 0.717) is 18.9 Å². The molecule has 0 bridgehead atoms. The van der Waals surface area contributed by atoms with Crippen LogP contribution in [0.4, 0.5) is 17.3 Å². The molecule has 0 radical (unpaired) electrons. The van der Waals surface area contributed by atoms with Crippen LogP contribution in [0.3, 0.4) is 0 Å². The van der Waals surface area contributed by atoms with Gasteiger partial charge >= 0.3 is 0 Å². The Morgan fingerprint density at radius 2 is 1.96 bits per heavy atom. The number of aromatic nitrogens is 2. The molecule has 9 heteroatoms. The molecular weight excluding hydrogens is 330 g/mol. The van der Waals surface area contributed by atoms with Gasteiger partial charge in [-0.05, 0) is 12.1 Å². The molecule has 24 heavy (non-hydrogen) atoms. The highest BCUT2D eigenvalue weighted by atomic mass is 32.2. The summed E-state index contributed by atoms with van der Waals surface area (Å²) in [5, 5.41) is 0. The van der Waals surface area contributed by atoms with Crippen LogP contribution in [0.15, 0.2) is 30.6 Å². The van der Waals surface area contributed by atoms with Crippen LogP contribution in [0.2, 0.25) is 0 Å². The van der Waals surface area contributed by atoms with Crippen LogP contribution in [0.25, 0.3) is 11.1 Å². The number of nitrogens with zero attached hydrogens (tertiary/aromatic N) is 3. The fraction of sp³-hybridized carbons (Fsp3) is 0.333. The molecule has 3 rings (SSSR count). The molecule has 3 N–H and O–H groups in total. The lowest BCUT2D eigenvalue weighted by molar-refractivity contribution is 0.122. The number of nitrogens with one attached hydrogen (secondary N) is 1. The van der Waals surface area contributed by atoms with Gasteiger partial charge in [-0.25, -0.2) is 18.4 Å². The zero-order valence-corrected chi connectivity index (χ0v) is 14.1. The van der Waals surface area contributed by atoms with E-state index in [1.165, 1.54) is 0 Å². The second-order valence-electron chi connectivity index (χ2n) is 5.54. The van der Waals surface area contributed by atoms with Gasteiger partial charge in [0.15, 0.2) is 0 Å². The molecule has 1 aliphatic heterocycles. The van der Waals surface area contributed by atoms with Gasteiger partial charge < -0.3 is 15.4 Å². The number of pyridine rings is 2. The minimum atomic E-state index is -3.35. The molecule has 0 saturated carbocycles. The second kappa shape index (κ2) is 6.62. The third-order valence-electron chi connectivity index (χ3n) is 3.62. The van der Waals surface area contributed by atoms with Gasteiger partial charge in [0.25, 0.3) is 0 Å². The number of morpholine rings is 1. The topological polar surface area (TPSA) is 110 Å². The molecule has 0 aromatic carbocycles. The summed E-state index contributed by atoms with van der Waals surface area (Å²) in [6.07, 6.45) is 4.35. The first-order valence-electron chi connectivity index (χ1n) is 7.45. The minimum absolute atomic E-state index is 0.262. The maximum absolute atomic E-state index is 11.2. The van der Waals surface area contributed by atoms with Crippen LogP contribution >= 0.6 is 0 Å². The van der Waals surface area contributed by atoms with E-state index in [2.05, 4.69) is 19.6 Å². The molecule has 1 fully saturated rings. The van der Waals surface area contributed by atoms with Crippen LogP contribution in [-0.2, 0) is 14.8 Å². The van der Waals surface area contributed by atoms with E-state index in [0.717, 1.165) is 36.3 Å². The van der Waals surface area contributed by atoms with E-state index >= 15 is 0 Å². The molecule has 0 aliphatic carbocycles. The van der Waals surface area contributed by atoms with E-state index < -0.39 is 10.0 Å². The van der Waals surface area contributed by atoms with Crippen molar-refractivity contribution in [1.82, 2.24) is 9.97 Å². The lowest BCUT2D eigenvalue weighted by Crippen LogP contribution is -2.36. The number of anilines is 3. The number of hydrogen-bond donors (Lipinski definition) is 2. The largest absolute Gasteiger partial charge is 0.398 e. The Morgan fingerprint density at radius 1 is 1.21 bits per heavy atom. The van der Waals surface area contributed by atoms with Crippen molar-refractivity contribution in [3.63, 3.8) is 0 Å². The maximum atomic E-state index is 11.2. The lowest BCUT2D eigenvalue weighted by Gasteiger charge is -2.28. The number of nitrogens with two attached hydrogens (primary N) is 1. The molecule has 8 nitrogen and oxygen atoms in total. The van der Waals surface area contributed by atoms with Crippen molar-refractivity contribution in [3.05, 3.63) is 30.6 Å². The average molecular weight is 349 g/mol. The Kier molecular flexibility index (Phi) is 4.54. The van der Waals surface area contributed by atoms with Gasteiger partial charge in [0.05, 0.1) is 19.5 Å². The SMILES string of the molecule is CS(=O)(=O)Nc1ccc(-c2cnc(N3CCOCC3)cc2N)cn1. The Labute approximate surface area is 140 Å². The first kappa shape index (κ1) is 16.5. The summed E-state index contributed by atoms with van der Waals surface area (Å²) in [4.78, 5) is 10.7. The lowest BCUT2D eigenvalue weighted by atomic mass is 10.1. The first-order chi connectivity index (χ1) is 11.4. The summed E-state index contributed by atoms with van der Waals surface area (Å²) < 4.78 is 30.1. The summed E-state index contributed by atoms with van der Waals surface area (Å²) in [7, 11) is -3.35. The zero-order valence-electron chi connectivity index (χ0n) is 13.3. The van der Waals surface area contributed by atoms with Gasteiger partial charge in [-0.1, -0.05) is 0 Å². The first-order valence-corrected chi connectivity index (χ1v) is 9.34. The smallest absolute Gasteiger partial charge is 0.230 e. The molecule has 0 spiro atoms. The number of nitrogen functional groups attached to an aromatic ring is 1. The quantitative estimate of drug-likeness (QED) is 0.845. The molecule has 128 valence electrons. The normalized spacial score (nSPS) is 15.3. The highest BCUT2D eigenvalue weighted by Gasteiger charge is 2.14. The Bertz CT molecular complexity index is 818. The second-order valence-corrected chi connectivity index (χ2v) is 7.28. The molecule has 1 aliphatic rings. The molecule has 0 atom stereocenters. The van der Waals surface area contributed by atoms with Gasteiger partial charge in [0.2, 0.25) is 10.0 Å². The fourth-order valence-corrected chi connectivity index (χ4v) is 2.97. The molecule has 3 heterocycles.